The second kappa shape index (κ2) is 4.31. The quantitative estimate of drug-likeness (QED) is 0.685. The highest BCUT2D eigenvalue weighted by Gasteiger charge is 2.21. The summed E-state index contributed by atoms with van der Waals surface area (Å²) in [5, 5.41) is 2.17. The molecular formula is C13H11BrN4S. The van der Waals surface area contributed by atoms with E-state index in [0.717, 1.165) is 35.6 Å². The molecule has 3 aromatic rings. The zero-order valence-electron chi connectivity index (χ0n) is 10.1. The molecule has 4 rings (SSSR count). The SMILES string of the molecule is Brc1cn2ccnc2c(N2CCc3sccc3C2)n1. The Balaban J connectivity index is 1.81. The summed E-state index contributed by atoms with van der Waals surface area (Å²) in [6.45, 7) is 1.92. The average molecular weight is 335 g/mol. The van der Waals surface area contributed by atoms with Crippen molar-refractivity contribution < 1.29 is 0 Å². The normalized spacial score (nSPS) is 14.9. The van der Waals surface area contributed by atoms with Crippen LogP contribution < -0.4 is 4.90 Å². The molecule has 0 aromatic carbocycles. The van der Waals surface area contributed by atoms with Gasteiger partial charge in [-0.05, 0) is 39.4 Å². The van der Waals surface area contributed by atoms with E-state index in [4.69, 9.17) is 0 Å². The van der Waals surface area contributed by atoms with E-state index in [9.17, 15) is 0 Å². The second-order valence-electron chi connectivity index (χ2n) is 4.59. The maximum atomic E-state index is 4.62. The van der Waals surface area contributed by atoms with E-state index in [1.807, 2.05) is 34.3 Å². The molecule has 0 fully saturated rings. The molecule has 0 radical (unpaired) electrons. The number of hydrogen-bond acceptors (Lipinski definition) is 4. The Morgan fingerprint density at radius 2 is 2.32 bits per heavy atom. The molecule has 0 atom stereocenters. The third kappa shape index (κ3) is 1.86. The number of thiophene rings is 1. The summed E-state index contributed by atoms with van der Waals surface area (Å²) in [6, 6.07) is 2.22. The van der Waals surface area contributed by atoms with Gasteiger partial charge in [-0.15, -0.1) is 11.3 Å². The molecule has 19 heavy (non-hydrogen) atoms. The van der Waals surface area contributed by atoms with E-state index in [2.05, 4.69) is 42.2 Å². The van der Waals surface area contributed by atoms with E-state index < -0.39 is 0 Å². The minimum atomic E-state index is 0.837. The van der Waals surface area contributed by atoms with E-state index >= 15 is 0 Å². The van der Waals surface area contributed by atoms with Crippen LogP contribution in [-0.4, -0.2) is 20.9 Å². The Morgan fingerprint density at radius 1 is 1.37 bits per heavy atom. The van der Waals surface area contributed by atoms with Gasteiger partial charge in [0.2, 0.25) is 0 Å². The van der Waals surface area contributed by atoms with Crippen LogP contribution >= 0.6 is 27.3 Å². The maximum Gasteiger partial charge on any atom is 0.180 e. The van der Waals surface area contributed by atoms with Crippen LogP contribution in [0.15, 0.2) is 34.6 Å². The van der Waals surface area contributed by atoms with Crippen molar-refractivity contribution in [2.45, 2.75) is 13.0 Å². The van der Waals surface area contributed by atoms with E-state index in [1.165, 1.54) is 10.4 Å². The first-order valence-corrected chi connectivity index (χ1v) is 7.78. The lowest BCUT2D eigenvalue weighted by molar-refractivity contribution is 0.730. The van der Waals surface area contributed by atoms with Crippen LogP contribution in [0.25, 0.3) is 5.65 Å². The fourth-order valence-electron chi connectivity index (χ4n) is 2.53. The van der Waals surface area contributed by atoms with Crippen LogP contribution in [0.4, 0.5) is 5.82 Å². The van der Waals surface area contributed by atoms with Crippen molar-refractivity contribution in [2.75, 3.05) is 11.4 Å². The lowest BCUT2D eigenvalue weighted by atomic mass is 10.1. The van der Waals surface area contributed by atoms with Gasteiger partial charge >= 0.3 is 0 Å². The topological polar surface area (TPSA) is 33.4 Å². The third-order valence-corrected chi connectivity index (χ3v) is 4.84. The van der Waals surface area contributed by atoms with Crippen LogP contribution in [0.2, 0.25) is 0 Å². The molecular weight excluding hydrogens is 324 g/mol. The van der Waals surface area contributed by atoms with Crippen molar-refractivity contribution >= 4 is 38.7 Å². The second-order valence-corrected chi connectivity index (χ2v) is 6.40. The Labute approximate surface area is 122 Å². The molecule has 0 bridgehead atoms. The van der Waals surface area contributed by atoms with Gasteiger partial charge in [0.15, 0.2) is 11.5 Å². The summed E-state index contributed by atoms with van der Waals surface area (Å²) in [4.78, 5) is 12.8. The number of fused-ring (bicyclic) bond motifs is 2. The summed E-state index contributed by atoms with van der Waals surface area (Å²) >= 11 is 5.33. The van der Waals surface area contributed by atoms with Crippen molar-refractivity contribution in [3.05, 3.63) is 45.1 Å². The Morgan fingerprint density at radius 3 is 3.26 bits per heavy atom. The first-order chi connectivity index (χ1) is 9.31. The molecule has 0 saturated heterocycles. The molecule has 1 aliphatic heterocycles. The van der Waals surface area contributed by atoms with Crippen molar-refractivity contribution in [1.29, 1.82) is 0 Å². The summed E-state index contributed by atoms with van der Waals surface area (Å²) in [5.41, 5.74) is 2.34. The highest BCUT2D eigenvalue weighted by Crippen LogP contribution is 2.29. The van der Waals surface area contributed by atoms with Crippen molar-refractivity contribution in [3.63, 3.8) is 0 Å². The summed E-state index contributed by atoms with van der Waals surface area (Å²) < 4.78 is 2.85. The highest BCUT2D eigenvalue weighted by atomic mass is 79.9. The number of rotatable bonds is 1. The van der Waals surface area contributed by atoms with E-state index in [-0.39, 0.29) is 0 Å². The molecule has 0 N–H and O–H groups in total. The number of hydrogen-bond donors (Lipinski definition) is 0. The molecule has 1 aliphatic rings. The lowest BCUT2D eigenvalue weighted by Crippen LogP contribution is -2.30. The fraction of sp³-hybridized carbons (Fsp3) is 0.231. The maximum absolute atomic E-state index is 4.62. The van der Waals surface area contributed by atoms with Crippen LogP contribution in [0.5, 0.6) is 0 Å². The number of nitrogens with zero attached hydrogens (tertiary/aromatic N) is 4. The van der Waals surface area contributed by atoms with E-state index in [0.29, 0.717) is 0 Å². The molecule has 6 heteroatoms. The Kier molecular flexibility index (Phi) is 2.60. The van der Waals surface area contributed by atoms with Crippen molar-refractivity contribution in [2.24, 2.45) is 0 Å². The Hall–Kier alpha value is -1.40. The van der Waals surface area contributed by atoms with Crippen LogP contribution in [0, 0.1) is 0 Å². The van der Waals surface area contributed by atoms with Crippen molar-refractivity contribution in [1.82, 2.24) is 14.4 Å². The molecule has 96 valence electrons. The number of imidazole rings is 1. The zero-order chi connectivity index (χ0) is 12.8. The van der Waals surface area contributed by atoms with Gasteiger partial charge in [-0.1, -0.05) is 0 Å². The van der Waals surface area contributed by atoms with Gasteiger partial charge in [0.25, 0.3) is 0 Å². The summed E-state index contributed by atoms with van der Waals surface area (Å²) in [5.74, 6) is 0.955. The lowest BCUT2D eigenvalue weighted by Gasteiger charge is -2.28. The molecule has 0 aliphatic carbocycles. The fourth-order valence-corrected chi connectivity index (χ4v) is 3.80. The zero-order valence-corrected chi connectivity index (χ0v) is 12.5. The summed E-state index contributed by atoms with van der Waals surface area (Å²) in [6.07, 6.45) is 6.79. The molecule has 4 heterocycles. The minimum Gasteiger partial charge on any atom is -0.349 e. The van der Waals surface area contributed by atoms with Gasteiger partial charge in [0.05, 0.1) is 0 Å². The molecule has 0 amide bonds. The predicted molar refractivity (Wildman–Crippen MR) is 79.8 cm³/mol. The standard InChI is InChI=1S/C13H11BrN4S/c14-11-8-18-5-3-15-12(18)13(16-11)17-4-1-10-9(7-17)2-6-19-10/h2-3,5-6,8H,1,4,7H2. The smallest absolute Gasteiger partial charge is 0.180 e. The van der Waals surface area contributed by atoms with E-state index in [1.54, 1.807) is 0 Å². The van der Waals surface area contributed by atoms with Crippen LogP contribution in [0.3, 0.4) is 0 Å². The third-order valence-electron chi connectivity index (χ3n) is 3.43. The van der Waals surface area contributed by atoms with Gasteiger partial charge in [-0.3, -0.25) is 0 Å². The molecule has 0 spiro atoms. The monoisotopic (exact) mass is 334 g/mol. The van der Waals surface area contributed by atoms with Gasteiger partial charge in [0, 0.05) is 36.6 Å². The molecule has 4 nitrogen and oxygen atoms in total. The summed E-state index contributed by atoms with van der Waals surface area (Å²) in [7, 11) is 0. The molecule has 0 saturated carbocycles. The van der Waals surface area contributed by atoms with Gasteiger partial charge in [-0.25, -0.2) is 9.97 Å². The molecule has 0 unspecified atom stereocenters. The molecule has 3 aromatic heterocycles. The van der Waals surface area contributed by atoms with Gasteiger partial charge < -0.3 is 9.30 Å². The highest BCUT2D eigenvalue weighted by molar-refractivity contribution is 9.10. The van der Waals surface area contributed by atoms with Gasteiger partial charge in [-0.2, -0.15) is 0 Å². The van der Waals surface area contributed by atoms with Crippen molar-refractivity contribution in [3.8, 4) is 0 Å². The number of anilines is 1. The minimum absolute atomic E-state index is 0.837. The largest absolute Gasteiger partial charge is 0.349 e. The number of aromatic nitrogens is 3. The first kappa shape index (κ1) is 11.4. The first-order valence-electron chi connectivity index (χ1n) is 6.11. The van der Waals surface area contributed by atoms with Crippen LogP contribution in [0.1, 0.15) is 10.4 Å². The average Bonchev–Trinajstić information content (AvgIpc) is 3.04. The number of halogens is 1. The van der Waals surface area contributed by atoms with Gasteiger partial charge in [0.1, 0.15) is 4.60 Å². The predicted octanol–water partition coefficient (Wildman–Crippen LogP) is 3.12. The Bertz CT molecular complexity index is 748. The van der Waals surface area contributed by atoms with Crippen LogP contribution in [-0.2, 0) is 13.0 Å².